The van der Waals surface area contributed by atoms with Gasteiger partial charge in [-0.2, -0.15) is 0 Å². The Kier molecular flexibility index (Phi) is 3.57. The summed E-state index contributed by atoms with van der Waals surface area (Å²) in [7, 11) is 0. The third-order valence-electron chi connectivity index (χ3n) is 2.46. The van der Waals surface area contributed by atoms with Crippen molar-refractivity contribution in [2.45, 2.75) is 0 Å². The van der Waals surface area contributed by atoms with Crippen LogP contribution in [0, 0.1) is 0 Å². The molecule has 0 spiro atoms. The van der Waals surface area contributed by atoms with E-state index in [-0.39, 0.29) is 16.2 Å². The Labute approximate surface area is 116 Å². The van der Waals surface area contributed by atoms with Gasteiger partial charge in [-0.1, -0.05) is 0 Å². The van der Waals surface area contributed by atoms with E-state index in [1.54, 1.807) is 0 Å². The monoisotopic (exact) mass is 295 g/mol. The van der Waals surface area contributed by atoms with Crippen molar-refractivity contribution in [2.24, 2.45) is 5.73 Å². The minimum absolute atomic E-state index is 0.0177. The standard InChI is InChI=1S/C12H9NO6S/c13-11(16)5-1-2-6-7(3-5)20-10(12(17)18)9(6)19-4-8(14)15/h1-3H,4H2,(H2,13,16)(H,14,15)(H,17,18). The molecule has 0 atom stereocenters. The summed E-state index contributed by atoms with van der Waals surface area (Å²) in [5, 5.41) is 18.1. The van der Waals surface area contributed by atoms with Crippen molar-refractivity contribution in [1.82, 2.24) is 0 Å². The first kappa shape index (κ1) is 13.8. The Morgan fingerprint density at radius 3 is 2.50 bits per heavy atom. The van der Waals surface area contributed by atoms with Crippen LogP contribution in [0.25, 0.3) is 10.1 Å². The van der Waals surface area contributed by atoms with Crippen LogP contribution in [-0.2, 0) is 4.79 Å². The second kappa shape index (κ2) is 5.17. The molecular formula is C12H9NO6S. The molecule has 0 unspecified atom stereocenters. The van der Waals surface area contributed by atoms with Crippen molar-refractivity contribution in [1.29, 1.82) is 0 Å². The van der Waals surface area contributed by atoms with Gasteiger partial charge in [-0.3, -0.25) is 4.79 Å². The number of carboxylic acid groups (broad SMARTS) is 2. The highest BCUT2D eigenvalue weighted by Crippen LogP contribution is 2.38. The van der Waals surface area contributed by atoms with Gasteiger partial charge < -0.3 is 20.7 Å². The zero-order chi connectivity index (χ0) is 14.9. The van der Waals surface area contributed by atoms with E-state index in [1.807, 2.05) is 0 Å². The molecule has 1 aromatic carbocycles. The fraction of sp³-hybridized carbons (Fsp3) is 0.0833. The van der Waals surface area contributed by atoms with Crippen molar-refractivity contribution in [3.05, 3.63) is 28.6 Å². The van der Waals surface area contributed by atoms with Gasteiger partial charge in [0.15, 0.2) is 17.2 Å². The van der Waals surface area contributed by atoms with Gasteiger partial charge in [0, 0.05) is 15.6 Å². The van der Waals surface area contributed by atoms with Crippen LogP contribution in [0.3, 0.4) is 0 Å². The fourth-order valence-corrected chi connectivity index (χ4v) is 2.67. The molecule has 20 heavy (non-hydrogen) atoms. The number of ether oxygens (including phenoxy) is 1. The van der Waals surface area contributed by atoms with Crippen LogP contribution >= 0.6 is 11.3 Å². The lowest BCUT2D eigenvalue weighted by Gasteiger charge is -2.03. The highest BCUT2D eigenvalue weighted by atomic mass is 32.1. The van der Waals surface area contributed by atoms with E-state index in [0.29, 0.717) is 10.1 Å². The molecule has 0 aliphatic rings. The molecule has 0 aliphatic heterocycles. The summed E-state index contributed by atoms with van der Waals surface area (Å²) in [5.74, 6) is -3.09. The summed E-state index contributed by atoms with van der Waals surface area (Å²) in [4.78, 5) is 32.6. The number of nitrogens with two attached hydrogens (primary N) is 1. The maximum Gasteiger partial charge on any atom is 0.349 e. The normalized spacial score (nSPS) is 10.4. The molecule has 0 fully saturated rings. The molecule has 1 aromatic heterocycles. The van der Waals surface area contributed by atoms with Crippen molar-refractivity contribution in [3.8, 4) is 5.75 Å². The van der Waals surface area contributed by atoms with Gasteiger partial charge in [0.2, 0.25) is 5.91 Å². The highest BCUT2D eigenvalue weighted by molar-refractivity contribution is 7.21. The second-order valence-corrected chi connectivity index (χ2v) is 4.88. The summed E-state index contributed by atoms with van der Waals surface area (Å²) < 4.78 is 5.51. The Bertz CT molecular complexity index is 720. The lowest BCUT2D eigenvalue weighted by atomic mass is 10.1. The molecule has 4 N–H and O–H groups in total. The van der Waals surface area contributed by atoms with Crippen LogP contribution in [0.2, 0.25) is 0 Å². The number of hydrogen-bond donors (Lipinski definition) is 3. The molecule has 104 valence electrons. The highest BCUT2D eigenvalue weighted by Gasteiger charge is 2.20. The van der Waals surface area contributed by atoms with Crippen molar-refractivity contribution in [2.75, 3.05) is 6.61 Å². The van der Waals surface area contributed by atoms with E-state index in [4.69, 9.17) is 20.7 Å². The third-order valence-corrected chi connectivity index (χ3v) is 3.59. The molecule has 8 heteroatoms. The number of thiophene rings is 1. The number of carbonyl (C=O) groups excluding carboxylic acids is 1. The number of primary amides is 1. The van der Waals surface area contributed by atoms with Crippen LogP contribution in [0.5, 0.6) is 5.75 Å². The first-order valence-corrected chi connectivity index (χ1v) is 6.16. The number of carboxylic acids is 2. The van der Waals surface area contributed by atoms with Crippen molar-refractivity contribution < 1.29 is 29.3 Å². The largest absolute Gasteiger partial charge is 0.479 e. The minimum Gasteiger partial charge on any atom is -0.479 e. The Morgan fingerprint density at radius 1 is 1.25 bits per heavy atom. The number of hydrogen-bond acceptors (Lipinski definition) is 5. The number of amides is 1. The molecule has 0 bridgehead atoms. The molecular weight excluding hydrogens is 286 g/mol. The van der Waals surface area contributed by atoms with Crippen LogP contribution < -0.4 is 10.5 Å². The van der Waals surface area contributed by atoms with Crippen LogP contribution in [0.1, 0.15) is 20.0 Å². The average molecular weight is 295 g/mol. The number of rotatable bonds is 5. The lowest BCUT2D eigenvalue weighted by molar-refractivity contribution is -0.139. The number of aromatic carboxylic acids is 1. The molecule has 2 aromatic rings. The first-order valence-electron chi connectivity index (χ1n) is 5.34. The summed E-state index contributed by atoms with van der Waals surface area (Å²) in [6, 6.07) is 4.36. The van der Waals surface area contributed by atoms with Gasteiger partial charge in [0.1, 0.15) is 0 Å². The summed E-state index contributed by atoms with van der Waals surface area (Å²) >= 11 is 0.890. The molecule has 2 rings (SSSR count). The maximum atomic E-state index is 11.1. The quantitative estimate of drug-likeness (QED) is 0.759. The van der Waals surface area contributed by atoms with Gasteiger partial charge in [-0.05, 0) is 18.2 Å². The SMILES string of the molecule is NC(=O)c1ccc2c(OCC(=O)O)c(C(=O)O)sc2c1. The average Bonchev–Trinajstić information content (AvgIpc) is 2.73. The molecule has 1 amide bonds. The summed E-state index contributed by atoms with van der Waals surface area (Å²) in [6.45, 7) is -0.649. The second-order valence-electron chi connectivity index (χ2n) is 3.82. The van der Waals surface area contributed by atoms with E-state index >= 15 is 0 Å². The molecule has 0 saturated heterocycles. The summed E-state index contributed by atoms with van der Waals surface area (Å²) in [6.07, 6.45) is 0. The molecule has 1 heterocycles. The number of aliphatic carboxylic acids is 1. The fourth-order valence-electron chi connectivity index (χ4n) is 1.64. The Balaban J connectivity index is 2.57. The summed E-state index contributed by atoms with van der Waals surface area (Å²) in [5.41, 5.74) is 5.38. The molecule has 0 radical (unpaired) electrons. The smallest absolute Gasteiger partial charge is 0.349 e. The van der Waals surface area contributed by atoms with Gasteiger partial charge in [0.05, 0.1) is 0 Å². The number of carbonyl (C=O) groups is 3. The zero-order valence-electron chi connectivity index (χ0n) is 9.95. The van der Waals surface area contributed by atoms with Crippen LogP contribution in [0.4, 0.5) is 0 Å². The predicted molar refractivity (Wildman–Crippen MR) is 70.4 cm³/mol. The van der Waals surface area contributed by atoms with E-state index in [1.165, 1.54) is 18.2 Å². The number of fused-ring (bicyclic) bond motifs is 1. The van der Waals surface area contributed by atoms with E-state index in [0.717, 1.165) is 11.3 Å². The maximum absolute atomic E-state index is 11.1. The van der Waals surface area contributed by atoms with Gasteiger partial charge >= 0.3 is 11.9 Å². The Morgan fingerprint density at radius 2 is 1.95 bits per heavy atom. The minimum atomic E-state index is -1.23. The number of benzene rings is 1. The topological polar surface area (TPSA) is 127 Å². The van der Waals surface area contributed by atoms with Crippen molar-refractivity contribution in [3.63, 3.8) is 0 Å². The van der Waals surface area contributed by atoms with Gasteiger partial charge in [0.25, 0.3) is 0 Å². The van der Waals surface area contributed by atoms with E-state index in [9.17, 15) is 14.4 Å². The first-order chi connectivity index (χ1) is 9.40. The van der Waals surface area contributed by atoms with E-state index < -0.39 is 24.5 Å². The predicted octanol–water partition coefficient (Wildman–Crippen LogP) is 1.16. The molecule has 0 aliphatic carbocycles. The lowest BCUT2D eigenvalue weighted by Crippen LogP contribution is -2.11. The molecule has 7 nitrogen and oxygen atoms in total. The van der Waals surface area contributed by atoms with Gasteiger partial charge in [-0.25, -0.2) is 9.59 Å². The van der Waals surface area contributed by atoms with Crippen molar-refractivity contribution >= 4 is 39.3 Å². The molecule has 0 saturated carbocycles. The van der Waals surface area contributed by atoms with Gasteiger partial charge in [-0.15, -0.1) is 11.3 Å². The third kappa shape index (κ3) is 2.54. The Hall–Kier alpha value is -2.61. The zero-order valence-corrected chi connectivity index (χ0v) is 10.8. The van der Waals surface area contributed by atoms with Crippen LogP contribution in [-0.4, -0.2) is 34.7 Å². The van der Waals surface area contributed by atoms with E-state index in [2.05, 4.69) is 0 Å². The van der Waals surface area contributed by atoms with Crippen LogP contribution in [0.15, 0.2) is 18.2 Å².